The predicted octanol–water partition coefficient (Wildman–Crippen LogP) is 4.30. The molecule has 3 aromatic rings. The van der Waals surface area contributed by atoms with Crippen LogP contribution in [-0.4, -0.2) is 42.1 Å². The van der Waals surface area contributed by atoms with Crippen LogP contribution in [0, 0.1) is 0 Å². The molecule has 4 rings (SSSR count). The van der Waals surface area contributed by atoms with Crippen molar-refractivity contribution in [1.29, 1.82) is 0 Å². The minimum atomic E-state index is -0.0501. The number of hydrogen-bond donors (Lipinski definition) is 0. The lowest BCUT2D eigenvalue weighted by Crippen LogP contribution is -2.31. The molecule has 0 spiro atoms. The fourth-order valence-electron chi connectivity index (χ4n) is 3.33. The topological polar surface area (TPSA) is 51.7 Å². The van der Waals surface area contributed by atoms with Gasteiger partial charge in [0, 0.05) is 29.0 Å². The van der Waals surface area contributed by atoms with E-state index in [1.807, 2.05) is 47.4 Å². The maximum Gasteiger partial charge on any atom is 0.255 e. The number of fused-ring (bicyclic) bond motifs is 1. The molecule has 1 atom stereocenters. The zero-order chi connectivity index (χ0) is 18.8. The molecule has 2 heterocycles. The molecular weight excluding hydrogens is 408 g/mol. The van der Waals surface area contributed by atoms with Crippen molar-refractivity contribution in [2.24, 2.45) is 0 Å². The molecule has 27 heavy (non-hydrogen) atoms. The Morgan fingerprint density at radius 2 is 2.07 bits per heavy atom. The molecule has 0 aliphatic carbocycles. The minimum Gasteiger partial charge on any atom is -0.497 e. The summed E-state index contributed by atoms with van der Waals surface area (Å²) in [6.45, 7) is 1.21. The summed E-state index contributed by atoms with van der Waals surface area (Å²) in [5.74, 6) is 1.40. The summed E-state index contributed by atoms with van der Waals surface area (Å²) < 4.78 is 12.2. The van der Waals surface area contributed by atoms with Crippen LogP contribution in [0.2, 0.25) is 0 Å². The van der Waals surface area contributed by atoms with Gasteiger partial charge in [-0.2, -0.15) is 0 Å². The molecular formula is C21H19BrN2O3. The van der Waals surface area contributed by atoms with Gasteiger partial charge in [-0.1, -0.05) is 18.2 Å². The second-order valence-corrected chi connectivity index (χ2v) is 7.31. The highest BCUT2D eigenvalue weighted by atomic mass is 79.9. The van der Waals surface area contributed by atoms with Crippen molar-refractivity contribution in [3.63, 3.8) is 0 Å². The van der Waals surface area contributed by atoms with E-state index < -0.39 is 0 Å². The number of amides is 1. The van der Waals surface area contributed by atoms with Gasteiger partial charge in [0.25, 0.3) is 5.91 Å². The number of rotatable bonds is 4. The number of carbonyl (C=O) groups is 1. The molecule has 1 fully saturated rings. The van der Waals surface area contributed by atoms with Gasteiger partial charge >= 0.3 is 0 Å². The summed E-state index contributed by atoms with van der Waals surface area (Å²) >= 11 is 3.46. The number of benzene rings is 2. The lowest BCUT2D eigenvalue weighted by Gasteiger charge is -2.19. The van der Waals surface area contributed by atoms with Crippen LogP contribution in [0.15, 0.2) is 59.2 Å². The average molecular weight is 427 g/mol. The van der Waals surface area contributed by atoms with Crippen LogP contribution < -0.4 is 9.47 Å². The Kier molecular flexibility index (Phi) is 4.99. The van der Waals surface area contributed by atoms with Gasteiger partial charge in [-0.05, 0) is 46.3 Å². The molecule has 1 aliphatic heterocycles. The molecule has 138 valence electrons. The molecule has 1 unspecified atom stereocenters. The zero-order valence-electron chi connectivity index (χ0n) is 14.9. The SMILES string of the molecule is COc1ccc(Br)c(C(=O)N2CCC(Oc3cccc4cccnc34)C2)c1. The Labute approximate surface area is 166 Å². The van der Waals surface area contributed by atoms with Gasteiger partial charge in [-0.25, -0.2) is 0 Å². The zero-order valence-corrected chi connectivity index (χ0v) is 16.5. The number of carbonyl (C=O) groups excluding carboxylic acids is 1. The number of aromatic nitrogens is 1. The maximum atomic E-state index is 12.9. The highest BCUT2D eigenvalue weighted by molar-refractivity contribution is 9.10. The van der Waals surface area contributed by atoms with E-state index >= 15 is 0 Å². The molecule has 0 bridgehead atoms. The van der Waals surface area contributed by atoms with Crippen LogP contribution in [0.25, 0.3) is 10.9 Å². The number of pyridine rings is 1. The van der Waals surface area contributed by atoms with Crippen LogP contribution in [0.3, 0.4) is 0 Å². The Morgan fingerprint density at radius 1 is 1.22 bits per heavy atom. The first-order valence-corrected chi connectivity index (χ1v) is 9.58. The number of nitrogens with zero attached hydrogens (tertiary/aromatic N) is 2. The molecule has 1 amide bonds. The molecule has 0 N–H and O–H groups in total. The molecule has 1 aromatic heterocycles. The monoisotopic (exact) mass is 426 g/mol. The lowest BCUT2D eigenvalue weighted by molar-refractivity contribution is 0.0771. The minimum absolute atomic E-state index is 0.0251. The largest absolute Gasteiger partial charge is 0.497 e. The average Bonchev–Trinajstić information content (AvgIpc) is 3.17. The first kappa shape index (κ1) is 17.8. The summed E-state index contributed by atoms with van der Waals surface area (Å²) in [7, 11) is 1.59. The number of ether oxygens (including phenoxy) is 2. The van der Waals surface area contributed by atoms with E-state index in [1.165, 1.54) is 0 Å². The van der Waals surface area contributed by atoms with Gasteiger partial charge in [0.1, 0.15) is 23.1 Å². The Balaban J connectivity index is 1.49. The van der Waals surface area contributed by atoms with Gasteiger partial charge in [-0.15, -0.1) is 0 Å². The van der Waals surface area contributed by atoms with Crippen molar-refractivity contribution in [2.75, 3.05) is 20.2 Å². The summed E-state index contributed by atoms with van der Waals surface area (Å²) in [4.78, 5) is 19.2. The van der Waals surface area contributed by atoms with Crippen molar-refractivity contribution < 1.29 is 14.3 Å². The van der Waals surface area contributed by atoms with Crippen molar-refractivity contribution in [1.82, 2.24) is 9.88 Å². The number of methoxy groups -OCH3 is 1. The van der Waals surface area contributed by atoms with E-state index in [4.69, 9.17) is 9.47 Å². The number of likely N-dealkylation sites (tertiary alicyclic amines) is 1. The van der Waals surface area contributed by atoms with E-state index in [0.29, 0.717) is 24.4 Å². The highest BCUT2D eigenvalue weighted by Gasteiger charge is 2.29. The predicted molar refractivity (Wildman–Crippen MR) is 107 cm³/mol. The smallest absolute Gasteiger partial charge is 0.255 e. The van der Waals surface area contributed by atoms with Crippen molar-refractivity contribution in [3.8, 4) is 11.5 Å². The van der Waals surface area contributed by atoms with Crippen molar-refractivity contribution >= 4 is 32.7 Å². The molecule has 1 aliphatic rings. The standard InChI is InChI=1S/C21H19BrN2O3/c1-26-15-7-8-18(22)17(12-15)21(25)24-11-9-16(13-24)27-19-6-2-4-14-5-3-10-23-20(14)19/h2-8,10,12,16H,9,11,13H2,1H3. The van der Waals surface area contributed by atoms with Crippen molar-refractivity contribution in [2.45, 2.75) is 12.5 Å². The third-order valence-corrected chi connectivity index (χ3v) is 5.42. The third kappa shape index (κ3) is 3.62. The normalized spacial score (nSPS) is 16.5. The summed E-state index contributed by atoms with van der Waals surface area (Å²) in [5.41, 5.74) is 1.45. The van der Waals surface area contributed by atoms with Gasteiger partial charge in [0.05, 0.1) is 19.2 Å². The van der Waals surface area contributed by atoms with Gasteiger partial charge in [-0.3, -0.25) is 9.78 Å². The molecule has 2 aromatic carbocycles. The van der Waals surface area contributed by atoms with Crippen molar-refractivity contribution in [3.05, 3.63) is 64.8 Å². The first-order chi connectivity index (χ1) is 13.2. The van der Waals surface area contributed by atoms with Gasteiger partial charge in [0.2, 0.25) is 0 Å². The second kappa shape index (κ2) is 7.56. The maximum absolute atomic E-state index is 12.9. The van der Waals surface area contributed by atoms with Crippen LogP contribution in [0.1, 0.15) is 16.8 Å². The first-order valence-electron chi connectivity index (χ1n) is 8.79. The molecule has 5 nitrogen and oxygen atoms in total. The summed E-state index contributed by atoms with van der Waals surface area (Å²) in [6, 6.07) is 15.2. The lowest BCUT2D eigenvalue weighted by atomic mass is 10.2. The number of hydrogen-bond acceptors (Lipinski definition) is 4. The third-order valence-electron chi connectivity index (χ3n) is 4.73. The fourth-order valence-corrected chi connectivity index (χ4v) is 3.74. The van der Waals surface area contributed by atoms with E-state index in [9.17, 15) is 4.79 Å². The molecule has 1 saturated heterocycles. The number of halogens is 1. The molecule has 0 saturated carbocycles. The Morgan fingerprint density at radius 3 is 2.93 bits per heavy atom. The quantitative estimate of drug-likeness (QED) is 0.623. The van der Waals surface area contributed by atoms with E-state index in [-0.39, 0.29) is 12.0 Å². The Hall–Kier alpha value is -2.60. The fraction of sp³-hybridized carbons (Fsp3) is 0.238. The van der Waals surface area contributed by atoms with E-state index in [0.717, 1.165) is 27.5 Å². The van der Waals surface area contributed by atoms with Crippen LogP contribution in [0.4, 0.5) is 0 Å². The molecule has 0 radical (unpaired) electrons. The number of para-hydroxylation sites is 1. The van der Waals surface area contributed by atoms with Gasteiger partial charge in [0.15, 0.2) is 0 Å². The molecule has 6 heteroatoms. The van der Waals surface area contributed by atoms with Crippen LogP contribution in [0.5, 0.6) is 11.5 Å². The van der Waals surface area contributed by atoms with Crippen LogP contribution in [-0.2, 0) is 0 Å². The second-order valence-electron chi connectivity index (χ2n) is 6.46. The van der Waals surface area contributed by atoms with E-state index in [2.05, 4.69) is 20.9 Å². The summed E-state index contributed by atoms with van der Waals surface area (Å²) in [5, 5.41) is 1.04. The van der Waals surface area contributed by atoms with Gasteiger partial charge < -0.3 is 14.4 Å². The summed E-state index contributed by atoms with van der Waals surface area (Å²) in [6.07, 6.45) is 2.50. The Bertz CT molecular complexity index is 987. The van der Waals surface area contributed by atoms with E-state index in [1.54, 1.807) is 19.4 Å². The highest BCUT2D eigenvalue weighted by Crippen LogP contribution is 2.28. The van der Waals surface area contributed by atoms with Crippen LogP contribution >= 0.6 is 15.9 Å².